The predicted octanol–water partition coefficient (Wildman–Crippen LogP) is 5.37. The molecule has 1 aliphatic carbocycles. The summed E-state index contributed by atoms with van der Waals surface area (Å²) in [6, 6.07) is 0. The quantitative estimate of drug-likeness (QED) is 0.0218. The van der Waals surface area contributed by atoms with E-state index >= 15 is 0 Å². The molecule has 1 saturated carbocycles. The van der Waals surface area contributed by atoms with Crippen LogP contribution in [-0.2, 0) is 23.1 Å². The average molecular weight is 711 g/mol. The summed E-state index contributed by atoms with van der Waals surface area (Å²) >= 11 is 0. The Morgan fingerprint density at radius 2 is 1.02 bits per heavy atom. The van der Waals surface area contributed by atoms with Gasteiger partial charge in [-0.15, -0.1) is 0 Å². The van der Waals surface area contributed by atoms with E-state index in [1.54, 1.807) is 0 Å². The van der Waals surface area contributed by atoms with Gasteiger partial charge in [0.25, 0.3) is 0 Å². The monoisotopic (exact) mass is 710 g/mol. The molecular formula is C35H67O12P. The highest BCUT2D eigenvalue weighted by Crippen LogP contribution is 2.47. The van der Waals surface area contributed by atoms with E-state index in [2.05, 4.69) is 28.1 Å². The van der Waals surface area contributed by atoms with Crippen LogP contribution in [0.3, 0.4) is 0 Å². The van der Waals surface area contributed by atoms with E-state index in [0.717, 1.165) is 19.3 Å². The van der Waals surface area contributed by atoms with Crippen LogP contribution < -0.4 is 0 Å². The smallest absolute Gasteiger partial charge is 0.463 e. The topological polar surface area (TPSA) is 203 Å². The van der Waals surface area contributed by atoms with Crippen LogP contribution in [0.2, 0.25) is 0 Å². The maximum absolute atomic E-state index is 12.2. The Morgan fingerprint density at radius 1 is 0.625 bits per heavy atom. The Bertz CT molecular complexity index is 859. The van der Waals surface area contributed by atoms with Crippen molar-refractivity contribution < 1.29 is 58.7 Å². The molecule has 1 aliphatic rings. The Balaban J connectivity index is 1.93. The summed E-state index contributed by atoms with van der Waals surface area (Å²) < 4.78 is 26.4. The molecule has 0 bridgehead atoms. The Kier molecular flexibility index (Phi) is 26.1. The maximum atomic E-state index is 12.2. The number of hydrogen-bond donors (Lipinski definition) is 7. The van der Waals surface area contributed by atoms with Crippen LogP contribution in [-0.4, -0.2) is 97.4 Å². The van der Waals surface area contributed by atoms with E-state index in [4.69, 9.17) is 4.74 Å². The molecule has 0 spiro atoms. The molecule has 1 fully saturated rings. The van der Waals surface area contributed by atoms with Crippen molar-refractivity contribution in [2.45, 2.75) is 191 Å². The lowest BCUT2D eigenvalue weighted by Crippen LogP contribution is -2.64. The minimum atomic E-state index is -4.99. The van der Waals surface area contributed by atoms with Gasteiger partial charge in [-0.05, 0) is 32.1 Å². The number of phosphoric ester groups is 1. The summed E-state index contributed by atoms with van der Waals surface area (Å²) in [6.07, 6.45) is 17.8. The van der Waals surface area contributed by atoms with E-state index in [1.807, 2.05) is 0 Å². The van der Waals surface area contributed by atoms with Gasteiger partial charge in [-0.25, -0.2) is 4.57 Å². The van der Waals surface area contributed by atoms with Crippen molar-refractivity contribution in [3.05, 3.63) is 12.2 Å². The lowest BCUT2D eigenvalue weighted by atomic mass is 9.85. The van der Waals surface area contributed by atoms with Crippen LogP contribution in [0.25, 0.3) is 0 Å². The number of hydrogen-bond acceptors (Lipinski definition) is 11. The fourth-order valence-corrected chi connectivity index (χ4v) is 6.73. The van der Waals surface area contributed by atoms with Crippen molar-refractivity contribution in [2.75, 3.05) is 13.2 Å². The minimum absolute atomic E-state index is 0.192. The van der Waals surface area contributed by atoms with Gasteiger partial charge in [0.05, 0.1) is 6.61 Å². The van der Waals surface area contributed by atoms with E-state index in [9.17, 15) is 44.9 Å². The number of rotatable bonds is 30. The number of carbonyl (C=O) groups excluding carboxylic acids is 1. The standard InChI is InChI=1S/C35H67O12P/c1-2-3-4-5-6-7-8-9-10-11-12-13-14-15-16-17-18-19-20-21-22-23-24-25-29(37)45-26-28(36)27-46-48(43,44)47-35-33(41)31(39)30(38)32(40)34(35)42/h11-12,28,30-36,38-42H,2-10,13-27H2,1H3,(H,43,44)/b12-11-. The van der Waals surface area contributed by atoms with Crippen LogP contribution in [0.1, 0.15) is 148 Å². The van der Waals surface area contributed by atoms with Crippen LogP contribution in [0.15, 0.2) is 12.2 Å². The number of phosphoric acid groups is 1. The van der Waals surface area contributed by atoms with Crippen molar-refractivity contribution in [1.82, 2.24) is 0 Å². The number of aliphatic hydroxyl groups is 6. The number of esters is 1. The number of aliphatic hydroxyl groups excluding tert-OH is 6. The largest absolute Gasteiger partial charge is 0.472 e. The SMILES string of the molecule is CCCCCCCCCC/C=C\CCCCCCCCCCCCCC(=O)OCC(O)COP(=O)(O)OC1C(O)C(O)C(O)C(O)C1O. The highest BCUT2D eigenvalue weighted by atomic mass is 31.2. The third kappa shape index (κ3) is 21.3. The minimum Gasteiger partial charge on any atom is -0.463 e. The van der Waals surface area contributed by atoms with Crippen molar-refractivity contribution in [2.24, 2.45) is 0 Å². The fourth-order valence-electron chi connectivity index (χ4n) is 5.75. The summed E-state index contributed by atoms with van der Waals surface area (Å²) in [6.45, 7) is 1.01. The molecule has 0 aliphatic heterocycles. The predicted molar refractivity (Wildman–Crippen MR) is 184 cm³/mol. The van der Waals surface area contributed by atoms with Crippen LogP contribution in [0.4, 0.5) is 0 Å². The molecule has 0 aromatic heterocycles. The van der Waals surface area contributed by atoms with E-state index < -0.39 is 69.7 Å². The third-order valence-electron chi connectivity index (χ3n) is 8.84. The van der Waals surface area contributed by atoms with Crippen LogP contribution >= 0.6 is 7.82 Å². The first kappa shape index (κ1) is 45.1. The zero-order valence-corrected chi connectivity index (χ0v) is 30.2. The second-order valence-electron chi connectivity index (χ2n) is 13.3. The molecule has 0 amide bonds. The molecule has 6 unspecified atom stereocenters. The van der Waals surface area contributed by atoms with Gasteiger partial charge in [-0.1, -0.05) is 122 Å². The van der Waals surface area contributed by atoms with Crippen molar-refractivity contribution in [1.29, 1.82) is 0 Å². The fraction of sp³-hybridized carbons (Fsp3) is 0.914. The molecule has 0 aromatic carbocycles. The molecule has 6 atom stereocenters. The zero-order chi connectivity index (χ0) is 35.6. The summed E-state index contributed by atoms with van der Waals surface area (Å²) in [5, 5.41) is 58.8. The van der Waals surface area contributed by atoms with Gasteiger partial charge in [0.2, 0.25) is 0 Å². The normalized spacial score (nSPS) is 24.9. The van der Waals surface area contributed by atoms with E-state index in [0.29, 0.717) is 6.42 Å². The summed E-state index contributed by atoms with van der Waals surface area (Å²) in [4.78, 5) is 21.8. The first-order valence-corrected chi connectivity index (χ1v) is 20.0. The van der Waals surface area contributed by atoms with Crippen molar-refractivity contribution in [3.8, 4) is 0 Å². The Morgan fingerprint density at radius 3 is 1.48 bits per heavy atom. The van der Waals surface area contributed by atoms with Gasteiger partial charge < -0.3 is 40.3 Å². The zero-order valence-electron chi connectivity index (χ0n) is 29.3. The molecule has 7 N–H and O–H groups in total. The first-order valence-electron chi connectivity index (χ1n) is 18.5. The molecule has 12 nitrogen and oxygen atoms in total. The molecule has 1 rings (SSSR count). The lowest BCUT2D eigenvalue weighted by Gasteiger charge is -2.41. The molecule has 0 radical (unpaired) electrons. The number of ether oxygens (including phenoxy) is 1. The summed E-state index contributed by atoms with van der Waals surface area (Å²) in [5.41, 5.74) is 0. The summed E-state index contributed by atoms with van der Waals surface area (Å²) in [7, 11) is -4.99. The van der Waals surface area contributed by atoms with Gasteiger partial charge in [0.1, 0.15) is 49.3 Å². The van der Waals surface area contributed by atoms with Gasteiger partial charge >= 0.3 is 13.8 Å². The number of unbranched alkanes of at least 4 members (excludes halogenated alkanes) is 19. The lowest BCUT2D eigenvalue weighted by molar-refractivity contribution is -0.220. The molecule has 48 heavy (non-hydrogen) atoms. The van der Waals surface area contributed by atoms with Crippen molar-refractivity contribution >= 4 is 13.8 Å². The molecule has 0 aromatic rings. The Hall–Kier alpha value is -0.920. The van der Waals surface area contributed by atoms with Crippen LogP contribution in [0, 0.1) is 0 Å². The second kappa shape index (κ2) is 27.8. The third-order valence-corrected chi connectivity index (χ3v) is 9.82. The molecule has 0 saturated heterocycles. The molecule has 284 valence electrons. The van der Waals surface area contributed by atoms with Gasteiger partial charge in [-0.2, -0.15) is 0 Å². The van der Waals surface area contributed by atoms with E-state index in [1.165, 1.54) is 109 Å². The van der Waals surface area contributed by atoms with Gasteiger partial charge in [0, 0.05) is 6.42 Å². The van der Waals surface area contributed by atoms with Gasteiger partial charge in [-0.3, -0.25) is 13.8 Å². The first-order chi connectivity index (χ1) is 23.0. The number of allylic oxidation sites excluding steroid dienone is 2. The number of carbonyl (C=O) groups is 1. The highest BCUT2D eigenvalue weighted by molar-refractivity contribution is 7.47. The molecule has 13 heteroatoms. The average Bonchev–Trinajstić information content (AvgIpc) is 3.07. The van der Waals surface area contributed by atoms with Gasteiger partial charge in [0.15, 0.2) is 0 Å². The Labute approximate surface area is 288 Å². The molecule has 0 heterocycles. The van der Waals surface area contributed by atoms with Crippen LogP contribution in [0.5, 0.6) is 0 Å². The van der Waals surface area contributed by atoms with Crippen molar-refractivity contribution in [3.63, 3.8) is 0 Å². The second-order valence-corrected chi connectivity index (χ2v) is 14.7. The maximum Gasteiger partial charge on any atom is 0.472 e. The van der Waals surface area contributed by atoms with E-state index in [-0.39, 0.29) is 6.42 Å². The molecular weight excluding hydrogens is 643 g/mol. The highest BCUT2D eigenvalue weighted by Gasteiger charge is 2.51. The summed E-state index contributed by atoms with van der Waals surface area (Å²) in [5.74, 6) is -0.508.